The largest absolute Gasteiger partial charge is 0.501 e. The predicted molar refractivity (Wildman–Crippen MR) is 241 cm³/mol. The molecule has 4 aromatic rings. The van der Waals surface area contributed by atoms with E-state index in [0.29, 0.717) is 30.8 Å². The zero-order valence-corrected chi connectivity index (χ0v) is 37.6. The summed E-state index contributed by atoms with van der Waals surface area (Å²) in [6.45, 7) is 4.69. The summed E-state index contributed by atoms with van der Waals surface area (Å²) < 4.78 is 97.3. The van der Waals surface area contributed by atoms with Crippen LogP contribution in [0.4, 0.5) is 24.5 Å². The number of nitrogens with one attached hydrogen (secondary N) is 2. The van der Waals surface area contributed by atoms with E-state index in [1.54, 1.807) is 12.1 Å². The third-order valence-corrected chi connectivity index (χ3v) is 16.0. The van der Waals surface area contributed by atoms with Gasteiger partial charge in [-0.25, -0.2) is 21.6 Å². The molecule has 332 valence electrons. The van der Waals surface area contributed by atoms with Crippen molar-refractivity contribution < 1.29 is 34.8 Å². The van der Waals surface area contributed by atoms with Gasteiger partial charge in [0.2, 0.25) is 0 Å². The second-order valence-electron chi connectivity index (χ2n) is 16.1. The quantitative estimate of drug-likeness (QED) is 0.0995. The highest BCUT2D eigenvalue weighted by atomic mass is 35.5. The molecular weight excluding hydrogens is 879 g/mol. The van der Waals surface area contributed by atoms with Crippen LogP contribution in [-0.2, 0) is 19.9 Å². The van der Waals surface area contributed by atoms with Crippen molar-refractivity contribution in [1.29, 1.82) is 0 Å². The Morgan fingerprint density at radius 2 is 1.56 bits per heavy atom. The fraction of sp³-hybridized carbons (Fsp3) is 0.400. The van der Waals surface area contributed by atoms with Crippen molar-refractivity contribution in [1.82, 2.24) is 14.5 Å². The average Bonchev–Trinajstić information content (AvgIpc) is 4.12. The Labute approximate surface area is 371 Å². The van der Waals surface area contributed by atoms with E-state index in [2.05, 4.69) is 32.1 Å². The summed E-state index contributed by atoms with van der Waals surface area (Å²) in [7, 11) is -8.88. The number of hydrogen-bond donors (Lipinski definition) is 2. The Morgan fingerprint density at radius 1 is 0.887 bits per heavy atom. The lowest BCUT2D eigenvalue weighted by Gasteiger charge is -2.37. The van der Waals surface area contributed by atoms with Crippen molar-refractivity contribution in [3.63, 3.8) is 0 Å². The fourth-order valence-corrected chi connectivity index (χ4v) is 11.1. The molecule has 0 aromatic heterocycles. The number of thioether (sulfide) groups is 1. The molecule has 1 atom stereocenters. The van der Waals surface area contributed by atoms with Crippen LogP contribution in [0.25, 0.3) is 5.57 Å². The molecule has 2 aliphatic carbocycles. The molecule has 2 N–H and O–H groups in total. The number of rotatable bonds is 17. The second kappa shape index (κ2) is 19.8. The monoisotopic (exact) mass is 929 g/mol. The lowest BCUT2D eigenvalue weighted by Crippen LogP contribution is -2.47. The molecule has 1 saturated carbocycles. The number of anilines is 2. The Bertz CT molecular complexity index is 2450. The van der Waals surface area contributed by atoms with Crippen LogP contribution >= 0.6 is 23.4 Å². The second-order valence-corrected chi connectivity index (χ2v) is 21.2. The molecule has 7 rings (SSSR count). The van der Waals surface area contributed by atoms with Gasteiger partial charge in [0.15, 0.2) is 0 Å². The summed E-state index contributed by atoms with van der Waals surface area (Å²) in [4.78, 5) is 19.0. The number of allylic oxidation sites excluding steroid dienone is 1. The van der Waals surface area contributed by atoms with Crippen LogP contribution in [0, 0.1) is 0 Å². The number of halogens is 4. The normalized spacial score (nSPS) is 17.3. The number of sulfonamides is 1. The van der Waals surface area contributed by atoms with Crippen molar-refractivity contribution in [3.05, 3.63) is 119 Å². The number of alkyl halides is 3. The topological polar surface area (TPSA) is 119 Å². The highest BCUT2D eigenvalue weighted by molar-refractivity contribution is 7.99. The zero-order valence-electron chi connectivity index (χ0n) is 34.4. The molecule has 1 amide bonds. The van der Waals surface area contributed by atoms with Crippen LogP contribution in [0.5, 0.6) is 0 Å². The van der Waals surface area contributed by atoms with Crippen LogP contribution in [0.15, 0.2) is 117 Å². The van der Waals surface area contributed by atoms with Gasteiger partial charge in [0.05, 0.1) is 10.6 Å². The number of benzene rings is 4. The van der Waals surface area contributed by atoms with Gasteiger partial charge in [-0.1, -0.05) is 47.5 Å². The summed E-state index contributed by atoms with van der Waals surface area (Å²) in [6.07, 6.45) is 7.07. The van der Waals surface area contributed by atoms with Gasteiger partial charge in [0.25, 0.3) is 25.8 Å². The smallest absolute Gasteiger partial charge is 0.380 e. The van der Waals surface area contributed by atoms with E-state index >= 15 is 0 Å². The van der Waals surface area contributed by atoms with E-state index in [4.69, 9.17) is 11.6 Å². The molecule has 1 saturated heterocycles. The average molecular weight is 931 g/mol. The third kappa shape index (κ3) is 11.5. The van der Waals surface area contributed by atoms with Crippen LogP contribution in [0.3, 0.4) is 0 Å². The molecule has 0 radical (unpaired) electrons. The summed E-state index contributed by atoms with van der Waals surface area (Å²) in [5.41, 5.74) is -1.15. The van der Waals surface area contributed by atoms with Crippen molar-refractivity contribution in [3.8, 4) is 0 Å². The molecular formula is C45H51ClF3N5O5S3. The minimum Gasteiger partial charge on any atom is -0.380 e. The summed E-state index contributed by atoms with van der Waals surface area (Å²) in [5.74, 6) is -0.622. The first kappa shape index (κ1) is 45.9. The highest BCUT2D eigenvalue weighted by Crippen LogP contribution is 2.38. The van der Waals surface area contributed by atoms with Crippen molar-refractivity contribution in [2.45, 2.75) is 77.2 Å². The van der Waals surface area contributed by atoms with Gasteiger partial charge in [-0.3, -0.25) is 9.69 Å². The maximum Gasteiger partial charge on any atom is 0.501 e. The SMILES string of the molecule is CN(CC[C@H](CSc1ccccc1)Nc1ccc(S(=O)(=O)NC(=O)c2ccc(N3CCN(CC4=C(c5ccc(Cl)cc5)CCCC4)CC3)cc2)cc1S(=O)(=O)C(F)(F)F)C1CC1. The number of carbonyl (C=O) groups is 1. The number of hydrogen-bond acceptors (Lipinski definition) is 10. The molecule has 1 heterocycles. The molecule has 10 nitrogen and oxygen atoms in total. The maximum atomic E-state index is 14.1. The standard InChI is InChI=1S/C45H51ClF3N5O5S3/c1-52(37-19-20-37)24-23-36(31-60-39-8-3-2-4-9-39)50-42-22-21-40(29-43(42)61(56,57)45(47,48)49)62(58,59)51-44(55)33-13-17-38(18-14-33)54-27-25-53(26-28-54)30-34-7-5-6-10-41(34)32-11-15-35(46)16-12-32/h2-4,8-9,11-18,21-22,29,36-37,50H,5-7,10,19-20,23-28,30-31H2,1H3,(H,51,55)/t36-/m1/s1. The minimum atomic E-state index is -6.03. The van der Waals surface area contributed by atoms with Crippen molar-refractivity contribution in [2.75, 3.05) is 62.3 Å². The van der Waals surface area contributed by atoms with Gasteiger partial charge >= 0.3 is 5.51 Å². The van der Waals surface area contributed by atoms with Gasteiger partial charge in [-0.15, -0.1) is 11.8 Å². The van der Waals surface area contributed by atoms with Crippen LogP contribution < -0.4 is 14.9 Å². The lowest BCUT2D eigenvalue weighted by molar-refractivity contribution is -0.0435. The van der Waals surface area contributed by atoms with Crippen LogP contribution in [-0.4, -0.2) is 102 Å². The molecule has 0 spiro atoms. The minimum absolute atomic E-state index is 0.00581. The van der Waals surface area contributed by atoms with Crippen LogP contribution in [0.1, 0.15) is 60.9 Å². The third-order valence-electron chi connectivity index (χ3n) is 11.7. The Kier molecular flexibility index (Phi) is 14.7. The van der Waals surface area contributed by atoms with Gasteiger partial charge in [-0.2, -0.15) is 13.2 Å². The zero-order chi connectivity index (χ0) is 44.1. The number of carbonyl (C=O) groups excluding carboxylic acids is 1. The number of amides is 1. The van der Waals surface area contributed by atoms with Gasteiger partial charge in [0.1, 0.15) is 4.90 Å². The Morgan fingerprint density at radius 3 is 2.23 bits per heavy atom. The van der Waals surface area contributed by atoms with E-state index in [-0.39, 0.29) is 11.3 Å². The van der Waals surface area contributed by atoms with Gasteiger partial charge in [-0.05, 0) is 130 Å². The van der Waals surface area contributed by atoms with Gasteiger partial charge in [0, 0.05) is 78.3 Å². The summed E-state index contributed by atoms with van der Waals surface area (Å²) in [6, 6.07) is 26.3. The fourth-order valence-electron chi connectivity index (χ4n) is 7.96. The first-order valence-electron chi connectivity index (χ1n) is 20.8. The van der Waals surface area contributed by atoms with E-state index in [9.17, 15) is 34.8 Å². The highest BCUT2D eigenvalue weighted by Gasteiger charge is 2.48. The molecule has 1 aliphatic heterocycles. The molecule has 2 fully saturated rings. The number of sulfone groups is 1. The number of piperazine rings is 1. The molecule has 3 aliphatic rings. The lowest BCUT2D eigenvalue weighted by atomic mass is 9.87. The van der Waals surface area contributed by atoms with E-state index in [1.807, 2.05) is 54.2 Å². The van der Waals surface area contributed by atoms with Crippen molar-refractivity contribution >= 4 is 66.1 Å². The van der Waals surface area contributed by atoms with E-state index in [0.717, 1.165) is 86.1 Å². The van der Waals surface area contributed by atoms with Crippen molar-refractivity contribution in [2.24, 2.45) is 0 Å². The maximum absolute atomic E-state index is 14.1. The summed E-state index contributed by atoms with van der Waals surface area (Å²) in [5, 5.41) is 3.72. The molecule has 62 heavy (non-hydrogen) atoms. The molecule has 4 aromatic carbocycles. The van der Waals surface area contributed by atoms with Gasteiger partial charge < -0.3 is 15.1 Å². The first-order chi connectivity index (χ1) is 29.6. The molecule has 0 unspecified atom stereocenters. The Hall–Kier alpha value is -4.06. The predicted octanol–water partition coefficient (Wildman–Crippen LogP) is 8.96. The molecule has 0 bridgehead atoms. The number of nitrogens with zero attached hydrogens (tertiary/aromatic N) is 3. The van der Waals surface area contributed by atoms with E-state index < -0.39 is 47.1 Å². The van der Waals surface area contributed by atoms with E-state index in [1.165, 1.54) is 53.4 Å². The van der Waals surface area contributed by atoms with Crippen LogP contribution in [0.2, 0.25) is 5.02 Å². The Balaban J connectivity index is 1.01. The first-order valence-corrected chi connectivity index (χ1v) is 25.1. The molecule has 17 heteroatoms. The summed E-state index contributed by atoms with van der Waals surface area (Å²) >= 11 is 7.60.